The van der Waals surface area contributed by atoms with Gasteiger partial charge in [0.25, 0.3) is 11.5 Å². The van der Waals surface area contributed by atoms with E-state index >= 15 is 0 Å². The lowest BCUT2D eigenvalue weighted by Gasteiger charge is -2.08. The van der Waals surface area contributed by atoms with E-state index < -0.39 is 11.5 Å². The Labute approximate surface area is 157 Å². The first-order chi connectivity index (χ1) is 13.6. The Hall–Kier alpha value is -4.01. The molecule has 0 saturated heterocycles. The van der Waals surface area contributed by atoms with E-state index in [0.717, 1.165) is 0 Å². The summed E-state index contributed by atoms with van der Waals surface area (Å²) in [4.78, 5) is 36.4. The Morgan fingerprint density at radius 2 is 1.96 bits per heavy atom. The fourth-order valence-electron chi connectivity index (χ4n) is 2.72. The third-order valence-electron chi connectivity index (χ3n) is 4.09. The second-order valence-electron chi connectivity index (χ2n) is 5.94. The molecule has 1 N–H and O–H groups in total. The number of nitrogens with one attached hydrogen (secondary N) is 1. The van der Waals surface area contributed by atoms with E-state index in [1.807, 2.05) is 0 Å². The zero-order chi connectivity index (χ0) is 19.5. The number of rotatable bonds is 5. The topological polar surface area (TPSA) is 112 Å². The van der Waals surface area contributed by atoms with Gasteiger partial charge in [0.1, 0.15) is 11.1 Å². The number of hydrogen-bond acceptors (Lipinski definition) is 6. The lowest BCUT2D eigenvalue weighted by molar-refractivity contribution is 0.0948. The molecule has 1 amide bonds. The predicted molar refractivity (Wildman–Crippen MR) is 100 cm³/mol. The molecule has 1 aromatic carbocycles. The number of benzene rings is 1. The van der Waals surface area contributed by atoms with Gasteiger partial charge < -0.3 is 9.73 Å². The average Bonchev–Trinajstić information content (AvgIpc) is 3.23. The van der Waals surface area contributed by atoms with Crippen molar-refractivity contribution in [3.8, 4) is 5.82 Å². The van der Waals surface area contributed by atoms with Gasteiger partial charge in [-0.2, -0.15) is 5.10 Å². The average molecular weight is 377 g/mol. The van der Waals surface area contributed by atoms with Gasteiger partial charge in [-0.05, 0) is 24.3 Å². The number of fused-ring (bicyclic) bond motifs is 1. The van der Waals surface area contributed by atoms with Crippen molar-refractivity contribution in [1.82, 2.24) is 24.9 Å². The van der Waals surface area contributed by atoms with Gasteiger partial charge in [-0.25, -0.2) is 14.2 Å². The molecule has 0 aliphatic heterocycles. The minimum absolute atomic E-state index is 0.0932. The van der Waals surface area contributed by atoms with Crippen molar-refractivity contribution in [1.29, 1.82) is 0 Å². The Kier molecular flexibility index (Phi) is 4.55. The second kappa shape index (κ2) is 7.31. The van der Waals surface area contributed by atoms with Crippen molar-refractivity contribution < 1.29 is 9.21 Å². The van der Waals surface area contributed by atoms with E-state index in [2.05, 4.69) is 15.5 Å². The summed E-state index contributed by atoms with van der Waals surface area (Å²) in [5.74, 6) is -0.0955. The Morgan fingerprint density at radius 3 is 2.79 bits per heavy atom. The van der Waals surface area contributed by atoms with Gasteiger partial charge in [0.05, 0.1) is 6.54 Å². The van der Waals surface area contributed by atoms with Gasteiger partial charge in [0, 0.05) is 30.4 Å². The maximum Gasteiger partial charge on any atom is 0.349 e. The molecule has 0 unspecified atom stereocenters. The molecule has 28 heavy (non-hydrogen) atoms. The Bertz CT molecular complexity index is 1260. The molecule has 4 aromatic rings. The number of hydrogen-bond donors (Lipinski definition) is 1. The Morgan fingerprint density at radius 1 is 1.11 bits per heavy atom. The molecule has 140 valence electrons. The molecule has 0 atom stereocenters. The van der Waals surface area contributed by atoms with Gasteiger partial charge in [-0.1, -0.05) is 18.2 Å². The standard InChI is InChI=1S/C19H15N5O4/c25-17-7-6-16(23-10-3-8-21-23)22-24(17)11-9-20-18(26)14-12-13-4-1-2-5-15(13)28-19(14)27/h1-8,10,12H,9,11H2,(H,20,26). The van der Waals surface area contributed by atoms with E-state index in [9.17, 15) is 14.4 Å². The van der Waals surface area contributed by atoms with Crippen LogP contribution in [0.15, 0.2) is 74.9 Å². The van der Waals surface area contributed by atoms with E-state index in [4.69, 9.17) is 4.42 Å². The Balaban J connectivity index is 1.48. The van der Waals surface area contributed by atoms with Crippen LogP contribution in [0.4, 0.5) is 0 Å². The van der Waals surface area contributed by atoms with Gasteiger partial charge >= 0.3 is 5.63 Å². The zero-order valence-electron chi connectivity index (χ0n) is 14.6. The lowest BCUT2D eigenvalue weighted by Crippen LogP contribution is -2.34. The minimum atomic E-state index is -0.716. The van der Waals surface area contributed by atoms with Crippen LogP contribution in [0, 0.1) is 0 Å². The van der Waals surface area contributed by atoms with Crippen LogP contribution < -0.4 is 16.5 Å². The highest BCUT2D eigenvalue weighted by Gasteiger charge is 2.13. The SMILES string of the molecule is O=C(NCCn1nc(-n2cccn2)ccc1=O)c1cc2ccccc2oc1=O. The van der Waals surface area contributed by atoms with Crippen LogP contribution >= 0.6 is 0 Å². The zero-order valence-corrected chi connectivity index (χ0v) is 14.6. The smallest absolute Gasteiger partial charge is 0.349 e. The fourth-order valence-corrected chi connectivity index (χ4v) is 2.72. The van der Waals surface area contributed by atoms with Crippen molar-refractivity contribution in [2.24, 2.45) is 0 Å². The van der Waals surface area contributed by atoms with Crippen LogP contribution in [0.1, 0.15) is 10.4 Å². The van der Waals surface area contributed by atoms with E-state index in [0.29, 0.717) is 16.8 Å². The molecule has 3 heterocycles. The highest BCUT2D eigenvalue weighted by Crippen LogP contribution is 2.12. The minimum Gasteiger partial charge on any atom is -0.422 e. The first-order valence-corrected chi connectivity index (χ1v) is 8.51. The highest BCUT2D eigenvalue weighted by molar-refractivity contribution is 5.96. The molecule has 0 aliphatic carbocycles. The van der Waals surface area contributed by atoms with Crippen molar-refractivity contribution in [2.75, 3.05) is 6.54 Å². The summed E-state index contributed by atoms with van der Waals surface area (Å²) >= 11 is 0. The van der Waals surface area contributed by atoms with Crippen LogP contribution in [0.2, 0.25) is 0 Å². The van der Waals surface area contributed by atoms with Gasteiger partial charge in [-0.15, -0.1) is 5.10 Å². The number of nitrogens with zero attached hydrogens (tertiary/aromatic N) is 4. The molecule has 3 aromatic heterocycles. The van der Waals surface area contributed by atoms with Gasteiger partial charge in [0.2, 0.25) is 0 Å². The summed E-state index contributed by atoms with van der Waals surface area (Å²) in [6.07, 6.45) is 3.31. The second-order valence-corrected chi connectivity index (χ2v) is 5.94. The van der Waals surface area contributed by atoms with E-state index in [-0.39, 0.29) is 24.2 Å². The molecule has 9 nitrogen and oxygen atoms in total. The summed E-state index contributed by atoms with van der Waals surface area (Å²) in [6, 6.07) is 13.1. The van der Waals surface area contributed by atoms with Crippen molar-refractivity contribution in [2.45, 2.75) is 6.54 Å². The van der Waals surface area contributed by atoms with Crippen molar-refractivity contribution >= 4 is 16.9 Å². The molecular formula is C19H15N5O4. The maximum absolute atomic E-state index is 12.3. The predicted octanol–water partition coefficient (Wildman–Crippen LogP) is 0.965. The molecule has 0 aliphatic rings. The summed E-state index contributed by atoms with van der Waals surface area (Å²) in [6.45, 7) is 0.249. The number of carbonyl (C=O) groups excluding carboxylic acids is 1. The van der Waals surface area contributed by atoms with Crippen LogP contribution in [-0.2, 0) is 6.54 Å². The van der Waals surface area contributed by atoms with Crippen LogP contribution in [0.5, 0.6) is 0 Å². The lowest BCUT2D eigenvalue weighted by atomic mass is 10.2. The molecule has 0 radical (unpaired) electrons. The third kappa shape index (κ3) is 3.45. The fraction of sp³-hybridized carbons (Fsp3) is 0.105. The molecule has 0 spiro atoms. The summed E-state index contributed by atoms with van der Waals surface area (Å²) in [5, 5.41) is 11.5. The van der Waals surface area contributed by atoms with Crippen molar-refractivity contribution in [3.63, 3.8) is 0 Å². The molecule has 0 fully saturated rings. The number of carbonyl (C=O) groups is 1. The van der Waals surface area contributed by atoms with Crippen LogP contribution in [-0.4, -0.2) is 32.0 Å². The largest absolute Gasteiger partial charge is 0.422 e. The van der Waals surface area contributed by atoms with E-state index in [1.54, 1.807) is 48.8 Å². The number of amides is 1. The number of para-hydroxylation sites is 1. The monoisotopic (exact) mass is 377 g/mol. The van der Waals surface area contributed by atoms with Gasteiger partial charge in [-0.3, -0.25) is 9.59 Å². The summed E-state index contributed by atoms with van der Waals surface area (Å²) < 4.78 is 7.91. The third-order valence-corrected chi connectivity index (χ3v) is 4.09. The van der Waals surface area contributed by atoms with Crippen molar-refractivity contribution in [3.05, 3.63) is 87.3 Å². The summed E-state index contributed by atoms with van der Waals surface area (Å²) in [7, 11) is 0. The molecule has 9 heteroatoms. The maximum atomic E-state index is 12.3. The first-order valence-electron chi connectivity index (χ1n) is 8.51. The summed E-state index contributed by atoms with van der Waals surface area (Å²) in [5.41, 5.74) is -0.706. The molecule has 0 bridgehead atoms. The van der Waals surface area contributed by atoms with Crippen LogP contribution in [0.25, 0.3) is 16.8 Å². The first kappa shape index (κ1) is 17.4. The molecule has 0 saturated carbocycles. The highest BCUT2D eigenvalue weighted by atomic mass is 16.4. The normalized spacial score (nSPS) is 10.9. The molecular weight excluding hydrogens is 362 g/mol. The number of aromatic nitrogens is 4. The van der Waals surface area contributed by atoms with Gasteiger partial charge in [0.15, 0.2) is 5.82 Å². The van der Waals surface area contributed by atoms with Crippen LogP contribution in [0.3, 0.4) is 0 Å². The van der Waals surface area contributed by atoms with E-state index in [1.165, 1.54) is 21.5 Å². The molecule has 4 rings (SSSR count). The quantitative estimate of drug-likeness (QED) is 0.519.